The van der Waals surface area contributed by atoms with Gasteiger partial charge in [0, 0.05) is 26.5 Å². The molecule has 5 nitrogen and oxygen atoms in total. The van der Waals surface area contributed by atoms with Crippen LogP contribution in [0.2, 0.25) is 0 Å². The highest BCUT2D eigenvalue weighted by Crippen LogP contribution is 2.27. The lowest BCUT2D eigenvalue weighted by Gasteiger charge is -2.10. The number of aromatic nitrogens is 4. The Morgan fingerprint density at radius 3 is 2.72 bits per heavy atom. The third-order valence-corrected chi connectivity index (χ3v) is 3.50. The number of nitrogens with zero attached hydrogens (tertiary/aromatic N) is 4. The molecule has 18 heavy (non-hydrogen) atoms. The molecule has 2 aromatic heterocycles. The molecule has 0 saturated carbocycles. The second-order valence-corrected chi connectivity index (χ2v) is 4.81. The maximum Gasteiger partial charge on any atom is 0.198 e. The smallest absolute Gasteiger partial charge is 0.198 e. The van der Waals surface area contributed by atoms with Gasteiger partial charge in [-0.1, -0.05) is 13.3 Å². The topological polar surface area (TPSA) is 55.6 Å². The van der Waals surface area contributed by atoms with Gasteiger partial charge in [0.05, 0.1) is 10.2 Å². The van der Waals surface area contributed by atoms with E-state index in [2.05, 4.69) is 43.1 Å². The highest BCUT2D eigenvalue weighted by molar-refractivity contribution is 9.10. The Bertz CT molecular complexity index is 549. The standard InChI is InChI=1S/C12H16BrN5/c1-4-5-8-9(13)10(14-2)17-11(16-8)12-15-6-7-18(12)3/h6-7H,4-5H2,1-3H3,(H,14,16,17). The van der Waals surface area contributed by atoms with Gasteiger partial charge in [-0.15, -0.1) is 0 Å². The average Bonchev–Trinajstić information content (AvgIpc) is 2.78. The third-order valence-electron chi connectivity index (χ3n) is 2.66. The van der Waals surface area contributed by atoms with E-state index < -0.39 is 0 Å². The zero-order chi connectivity index (χ0) is 13.1. The van der Waals surface area contributed by atoms with Crippen LogP contribution in [0.4, 0.5) is 5.82 Å². The van der Waals surface area contributed by atoms with Gasteiger partial charge in [-0.05, 0) is 22.4 Å². The Hall–Kier alpha value is -1.43. The molecule has 0 spiro atoms. The predicted octanol–water partition coefficient (Wildman–Crippen LogP) is 2.63. The van der Waals surface area contributed by atoms with Gasteiger partial charge in [0.1, 0.15) is 5.82 Å². The van der Waals surface area contributed by atoms with Crippen LogP contribution in [0.15, 0.2) is 16.9 Å². The van der Waals surface area contributed by atoms with Crippen LogP contribution in [0.1, 0.15) is 19.0 Å². The van der Waals surface area contributed by atoms with Crippen molar-refractivity contribution >= 4 is 21.7 Å². The van der Waals surface area contributed by atoms with Crippen molar-refractivity contribution in [3.05, 3.63) is 22.6 Å². The zero-order valence-corrected chi connectivity index (χ0v) is 12.3. The van der Waals surface area contributed by atoms with Gasteiger partial charge in [-0.25, -0.2) is 15.0 Å². The van der Waals surface area contributed by atoms with Crippen LogP contribution >= 0.6 is 15.9 Å². The fourth-order valence-electron chi connectivity index (χ4n) is 1.74. The van der Waals surface area contributed by atoms with Gasteiger partial charge in [0.25, 0.3) is 0 Å². The number of halogens is 1. The Morgan fingerprint density at radius 2 is 2.17 bits per heavy atom. The lowest BCUT2D eigenvalue weighted by molar-refractivity contribution is 0.853. The van der Waals surface area contributed by atoms with Crippen molar-refractivity contribution in [1.82, 2.24) is 19.5 Å². The van der Waals surface area contributed by atoms with E-state index in [1.165, 1.54) is 0 Å². The summed E-state index contributed by atoms with van der Waals surface area (Å²) in [4.78, 5) is 13.4. The van der Waals surface area contributed by atoms with Gasteiger partial charge in [-0.3, -0.25) is 0 Å². The average molecular weight is 310 g/mol. The van der Waals surface area contributed by atoms with Crippen LogP contribution in [0.5, 0.6) is 0 Å². The number of imidazole rings is 1. The summed E-state index contributed by atoms with van der Waals surface area (Å²) >= 11 is 3.54. The lowest BCUT2D eigenvalue weighted by Crippen LogP contribution is -2.05. The quantitative estimate of drug-likeness (QED) is 0.943. The zero-order valence-electron chi connectivity index (χ0n) is 10.7. The maximum atomic E-state index is 4.59. The summed E-state index contributed by atoms with van der Waals surface area (Å²) in [7, 11) is 3.79. The van der Waals surface area contributed by atoms with Gasteiger partial charge in [0.15, 0.2) is 11.6 Å². The van der Waals surface area contributed by atoms with Crippen LogP contribution in [-0.2, 0) is 13.5 Å². The molecule has 6 heteroatoms. The molecule has 0 saturated heterocycles. The van der Waals surface area contributed by atoms with E-state index in [9.17, 15) is 0 Å². The number of anilines is 1. The Morgan fingerprint density at radius 1 is 1.39 bits per heavy atom. The van der Waals surface area contributed by atoms with E-state index in [-0.39, 0.29) is 0 Å². The van der Waals surface area contributed by atoms with Crippen molar-refractivity contribution < 1.29 is 0 Å². The number of hydrogen-bond donors (Lipinski definition) is 1. The minimum absolute atomic E-state index is 0.651. The van der Waals surface area contributed by atoms with Crippen LogP contribution in [-0.4, -0.2) is 26.6 Å². The van der Waals surface area contributed by atoms with Crippen molar-refractivity contribution in [2.45, 2.75) is 19.8 Å². The Kier molecular flexibility index (Phi) is 3.96. The fraction of sp³-hybridized carbons (Fsp3) is 0.417. The Labute approximate surface area is 115 Å². The number of aryl methyl sites for hydroxylation is 2. The van der Waals surface area contributed by atoms with Crippen LogP contribution in [0.3, 0.4) is 0 Å². The van der Waals surface area contributed by atoms with Gasteiger partial charge < -0.3 is 9.88 Å². The summed E-state index contributed by atoms with van der Waals surface area (Å²) in [5.74, 6) is 2.22. The molecule has 0 aliphatic rings. The number of nitrogens with one attached hydrogen (secondary N) is 1. The van der Waals surface area contributed by atoms with E-state index in [0.29, 0.717) is 5.82 Å². The minimum atomic E-state index is 0.651. The maximum absolute atomic E-state index is 4.59. The second-order valence-electron chi connectivity index (χ2n) is 4.02. The predicted molar refractivity (Wildman–Crippen MR) is 75.5 cm³/mol. The molecular formula is C12H16BrN5. The molecule has 0 aliphatic heterocycles. The van der Waals surface area contributed by atoms with Crippen molar-refractivity contribution in [3.8, 4) is 11.6 Å². The van der Waals surface area contributed by atoms with E-state index >= 15 is 0 Å². The molecule has 0 aliphatic carbocycles. The summed E-state index contributed by atoms with van der Waals surface area (Å²) in [5, 5.41) is 3.08. The normalized spacial score (nSPS) is 10.7. The molecule has 0 radical (unpaired) electrons. The largest absolute Gasteiger partial charge is 0.372 e. The minimum Gasteiger partial charge on any atom is -0.372 e. The highest BCUT2D eigenvalue weighted by atomic mass is 79.9. The molecule has 2 aromatic rings. The number of hydrogen-bond acceptors (Lipinski definition) is 4. The van der Waals surface area contributed by atoms with E-state index in [4.69, 9.17) is 0 Å². The van der Waals surface area contributed by atoms with Crippen molar-refractivity contribution in [1.29, 1.82) is 0 Å². The third kappa shape index (κ3) is 2.38. The molecule has 0 fully saturated rings. The lowest BCUT2D eigenvalue weighted by atomic mass is 10.2. The molecule has 0 unspecified atom stereocenters. The van der Waals surface area contributed by atoms with E-state index in [1.807, 2.05) is 24.9 Å². The van der Waals surface area contributed by atoms with Gasteiger partial charge in [0.2, 0.25) is 0 Å². The highest BCUT2D eigenvalue weighted by Gasteiger charge is 2.14. The van der Waals surface area contributed by atoms with Crippen molar-refractivity contribution in [3.63, 3.8) is 0 Å². The second kappa shape index (κ2) is 5.48. The van der Waals surface area contributed by atoms with Crippen LogP contribution in [0, 0.1) is 0 Å². The van der Waals surface area contributed by atoms with Crippen LogP contribution in [0.25, 0.3) is 11.6 Å². The molecule has 0 amide bonds. The molecule has 0 aromatic carbocycles. The van der Waals surface area contributed by atoms with E-state index in [0.717, 1.165) is 34.7 Å². The SMILES string of the molecule is CCCc1nc(-c2nccn2C)nc(NC)c1Br. The Balaban J connectivity index is 2.55. The molecule has 2 rings (SSSR count). The van der Waals surface area contributed by atoms with Crippen LogP contribution < -0.4 is 5.32 Å². The monoisotopic (exact) mass is 309 g/mol. The summed E-state index contributed by atoms with van der Waals surface area (Å²) in [5.41, 5.74) is 1.01. The number of rotatable bonds is 4. The van der Waals surface area contributed by atoms with Gasteiger partial charge >= 0.3 is 0 Å². The molecule has 96 valence electrons. The summed E-state index contributed by atoms with van der Waals surface area (Å²) in [6.45, 7) is 2.13. The molecular weight excluding hydrogens is 294 g/mol. The fourth-order valence-corrected chi connectivity index (χ4v) is 2.32. The van der Waals surface area contributed by atoms with E-state index in [1.54, 1.807) is 6.20 Å². The van der Waals surface area contributed by atoms with Crippen molar-refractivity contribution in [2.24, 2.45) is 7.05 Å². The summed E-state index contributed by atoms with van der Waals surface area (Å²) < 4.78 is 2.85. The first-order chi connectivity index (χ1) is 8.67. The van der Waals surface area contributed by atoms with Crippen molar-refractivity contribution in [2.75, 3.05) is 12.4 Å². The summed E-state index contributed by atoms with van der Waals surface area (Å²) in [6, 6.07) is 0. The first kappa shape index (κ1) is 13.0. The first-order valence-electron chi connectivity index (χ1n) is 5.89. The molecule has 1 N–H and O–H groups in total. The van der Waals surface area contributed by atoms with Gasteiger partial charge in [-0.2, -0.15) is 0 Å². The first-order valence-corrected chi connectivity index (χ1v) is 6.68. The molecule has 0 bridgehead atoms. The molecule has 2 heterocycles. The molecule has 0 atom stereocenters. The summed E-state index contributed by atoms with van der Waals surface area (Å²) in [6.07, 6.45) is 5.59.